The summed E-state index contributed by atoms with van der Waals surface area (Å²) >= 11 is 0. The van der Waals surface area contributed by atoms with Crippen molar-refractivity contribution in [1.82, 2.24) is 10.5 Å². The van der Waals surface area contributed by atoms with E-state index in [9.17, 15) is 0 Å². The molecule has 17 heavy (non-hydrogen) atoms. The minimum Gasteiger partial charge on any atom is -0.361 e. The lowest BCUT2D eigenvalue weighted by Crippen LogP contribution is -2.33. The van der Waals surface area contributed by atoms with Gasteiger partial charge in [-0.25, -0.2) is 0 Å². The van der Waals surface area contributed by atoms with Crippen molar-refractivity contribution >= 4 is 0 Å². The molecule has 0 aliphatic heterocycles. The predicted octanol–water partition coefficient (Wildman–Crippen LogP) is 3.29. The summed E-state index contributed by atoms with van der Waals surface area (Å²) in [6.07, 6.45) is 5.35. The normalized spacial score (nSPS) is 25.4. The third-order valence-corrected chi connectivity index (χ3v) is 3.96. The molecule has 2 rings (SSSR count). The lowest BCUT2D eigenvalue weighted by atomic mass is 9.80. The van der Waals surface area contributed by atoms with E-state index in [0.717, 1.165) is 29.8 Å². The molecular weight excluding hydrogens is 212 g/mol. The van der Waals surface area contributed by atoms with E-state index in [4.69, 9.17) is 4.52 Å². The number of hydrogen-bond acceptors (Lipinski definition) is 3. The Bertz CT molecular complexity index is 338. The third-order valence-electron chi connectivity index (χ3n) is 3.96. The highest BCUT2D eigenvalue weighted by Gasteiger charge is 2.22. The zero-order valence-electron chi connectivity index (χ0n) is 11.2. The van der Waals surface area contributed by atoms with E-state index in [1.165, 1.54) is 25.7 Å². The Balaban J connectivity index is 1.71. The molecule has 0 bridgehead atoms. The fourth-order valence-corrected chi connectivity index (χ4v) is 2.74. The number of aryl methyl sites for hydroxylation is 1. The topological polar surface area (TPSA) is 38.1 Å². The highest BCUT2D eigenvalue weighted by Crippen LogP contribution is 2.29. The van der Waals surface area contributed by atoms with Crippen LogP contribution < -0.4 is 5.32 Å². The third kappa shape index (κ3) is 3.56. The van der Waals surface area contributed by atoms with Gasteiger partial charge >= 0.3 is 0 Å². The molecule has 1 aromatic rings. The van der Waals surface area contributed by atoms with Gasteiger partial charge in [0.15, 0.2) is 0 Å². The maximum absolute atomic E-state index is 5.06. The van der Waals surface area contributed by atoms with Crippen LogP contribution in [-0.2, 0) is 6.54 Å². The van der Waals surface area contributed by atoms with Crippen LogP contribution in [0.15, 0.2) is 10.6 Å². The van der Waals surface area contributed by atoms with E-state index >= 15 is 0 Å². The molecule has 0 radical (unpaired) electrons. The van der Waals surface area contributed by atoms with Crippen LogP contribution in [0.2, 0.25) is 0 Å². The van der Waals surface area contributed by atoms with E-state index in [1.54, 1.807) is 0 Å². The maximum atomic E-state index is 5.06. The molecule has 3 nitrogen and oxygen atoms in total. The molecule has 1 heterocycles. The molecule has 0 spiro atoms. The van der Waals surface area contributed by atoms with Gasteiger partial charge < -0.3 is 9.84 Å². The minimum absolute atomic E-state index is 0.669. The van der Waals surface area contributed by atoms with Crippen LogP contribution in [0.25, 0.3) is 0 Å². The average molecular weight is 236 g/mol. The molecule has 1 N–H and O–H groups in total. The predicted molar refractivity (Wildman–Crippen MR) is 68.7 cm³/mol. The quantitative estimate of drug-likeness (QED) is 0.871. The van der Waals surface area contributed by atoms with Crippen LogP contribution in [-0.4, -0.2) is 11.2 Å². The summed E-state index contributed by atoms with van der Waals surface area (Å²) in [5.41, 5.74) is 1.02. The molecule has 0 saturated heterocycles. The van der Waals surface area contributed by atoms with E-state index < -0.39 is 0 Å². The van der Waals surface area contributed by atoms with Crippen LogP contribution >= 0.6 is 0 Å². The molecule has 1 aliphatic rings. The molecule has 0 amide bonds. The molecule has 0 unspecified atom stereocenters. The minimum atomic E-state index is 0.669. The Hall–Kier alpha value is -0.830. The van der Waals surface area contributed by atoms with Gasteiger partial charge in [-0.2, -0.15) is 0 Å². The smallest absolute Gasteiger partial charge is 0.133 e. The van der Waals surface area contributed by atoms with Crippen molar-refractivity contribution in [2.45, 2.75) is 59.0 Å². The summed E-state index contributed by atoms with van der Waals surface area (Å²) in [5.74, 6) is 2.67. The zero-order chi connectivity index (χ0) is 12.3. The molecule has 1 saturated carbocycles. The Morgan fingerprint density at radius 2 is 2.06 bits per heavy atom. The van der Waals surface area contributed by atoms with Crippen molar-refractivity contribution in [2.24, 2.45) is 11.8 Å². The summed E-state index contributed by atoms with van der Waals surface area (Å²) < 4.78 is 5.06. The van der Waals surface area contributed by atoms with E-state index in [2.05, 4.69) is 24.3 Å². The molecule has 96 valence electrons. The van der Waals surface area contributed by atoms with Crippen molar-refractivity contribution < 1.29 is 4.52 Å². The van der Waals surface area contributed by atoms with Gasteiger partial charge in [-0.05, 0) is 44.4 Å². The van der Waals surface area contributed by atoms with Crippen LogP contribution in [0.1, 0.15) is 51.0 Å². The second-order valence-electron chi connectivity index (χ2n) is 5.67. The first-order valence-electron chi connectivity index (χ1n) is 6.80. The van der Waals surface area contributed by atoms with Crippen molar-refractivity contribution in [1.29, 1.82) is 0 Å². The largest absolute Gasteiger partial charge is 0.361 e. The van der Waals surface area contributed by atoms with Crippen molar-refractivity contribution in [3.05, 3.63) is 17.5 Å². The van der Waals surface area contributed by atoms with Gasteiger partial charge in [0.2, 0.25) is 0 Å². The first kappa shape index (κ1) is 12.6. The first-order chi connectivity index (χ1) is 8.15. The van der Waals surface area contributed by atoms with Gasteiger partial charge in [0, 0.05) is 18.7 Å². The number of aromatic nitrogens is 1. The molecule has 1 fully saturated rings. The zero-order valence-corrected chi connectivity index (χ0v) is 11.2. The molecule has 0 aromatic carbocycles. The Labute approximate surface area is 104 Å². The van der Waals surface area contributed by atoms with Gasteiger partial charge in [0.1, 0.15) is 5.76 Å². The number of hydrogen-bond donors (Lipinski definition) is 1. The van der Waals surface area contributed by atoms with Crippen LogP contribution in [0.3, 0.4) is 0 Å². The molecule has 1 aliphatic carbocycles. The van der Waals surface area contributed by atoms with Gasteiger partial charge in [-0.3, -0.25) is 0 Å². The van der Waals surface area contributed by atoms with E-state index in [-0.39, 0.29) is 0 Å². The summed E-state index contributed by atoms with van der Waals surface area (Å²) in [6, 6.07) is 2.68. The maximum Gasteiger partial charge on any atom is 0.133 e. The fraction of sp³-hybridized carbons (Fsp3) is 0.786. The molecule has 3 heteroatoms. The molecular formula is C14H24N2O. The Kier molecular flexibility index (Phi) is 4.21. The summed E-state index contributed by atoms with van der Waals surface area (Å²) in [5, 5.41) is 7.59. The number of rotatable bonds is 4. The monoisotopic (exact) mass is 236 g/mol. The Morgan fingerprint density at radius 1 is 1.35 bits per heavy atom. The first-order valence-corrected chi connectivity index (χ1v) is 6.80. The highest BCUT2D eigenvalue weighted by molar-refractivity contribution is 5.03. The molecule has 1 aromatic heterocycles. The average Bonchev–Trinajstić information content (AvgIpc) is 2.73. The van der Waals surface area contributed by atoms with Gasteiger partial charge in [-0.15, -0.1) is 0 Å². The number of nitrogens with one attached hydrogen (secondary N) is 1. The van der Waals surface area contributed by atoms with Gasteiger partial charge in [-0.1, -0.05) is 19.0 Å². The Morgan fingerprint density at radius 3 is 2.59 bits per heavy atom. The second-order valence-corrected chi connectivity index (χ2v) is 5.67. The van der Waals surface area contributed by atoms with Crippen LogP contribution in [0.4, 0.5) is 0 Å². The standard InChI is InChI=1S/C14H24N2O/c1-10(2)12-4-6-13(7-5-12)15-9-14-8-11(3)17-16-14/h8,10,12-13,15H,4-7,9H2,1-3H3. The number of nitrogens with zero attached hydrogens (tertiary/aromatic N) is 1. The lowest BCUT2D eigenvalue weighted by Gasteiger charge is -2.31. The van der Waals surface area contributed by atoms with Crippen molar-refractivity contribution in [3.8, 4) is 0 Å². The van der Waals surface area contributed by atoms with Gasteiger partial charge in [0.25, 0.3) is 0 Å². The lowest BCUT2D eigenvalue weighted by molar-refractivity contribution is 0.237. The summed E-state index contributed by atoms with van der Waals surface area (Å²) in [7, 11) is 0. The molecule has 0 atom stereocenters. The van der Waals surface area contributed by atoms with Crippen LogP contribution in [0.5, 0.6) is 0 Å². The van der Waals surface area contributed by atoms with Crippen molar-refractivity contribution in [3.63, 3.8) is 0 Å². The summed E-state index contributed by atoms with van der Waals surface area (Å²) in [6.45, 7) is 7.46. The van der Waals surface area contributed by atoms with Gasteiger partial charge in [0.05, 0.1) is 5.69 Å². The highest BCUT2D eigenvalue weighted by atomic mass is 16.5. The second kappa shape index (κ2) is 5.67. The van der Waals surface area contributed by atoms with Crippen molar-refractivity contribution in [2.75, 3.05) is 0 Å². The van der Waals surface area contributed by atoms with Crippen LogP contribution in [0, 0.1) is 18.8 Å². The summed E-state index contributed by atoms with van der Waals surface area (Å²) in [4.78, 5) is 0. The van der Waals surface area contributed by atoms with E-state index in [0.29, 0.717) is 6.04 Å². The SMILES string of the molecule is Cc1cc(CNC2CCC(C(C)C)CC2)no1. The van der Waals surface area contributed by atoms with E-state index in [1.807, 2.05) is 13.0 Å². The fourth-order valence-electron chi connectivity index (χ4n) is 2.74.